The average molecular weight is 386 g/mol. The van der Waals surface area contributed by atoms with Crippen molar-refractivity contribution in [2.45, 2.75) is 17.9 Å². The van der Waals surface area contributed by atoms with Gasteiger partial charge in [-0.25, -0.2) is 22.1 Å². The van der Waals surface area contributed by atoms with E-state index in [9.17, 15) is 27.0 Å². The van der Waals surface area contributed by atoms with Gasteiger partial charge in [-0.15, -0.1) is 0 Å². The molecule has 0 saturated carbocycles. The number of anilines is 1. The molecular weight excluding hydrogens is 373 g/mol. The first-order valence-corrected chi connectivity index (χ1v) is 8.30. The van der Waals surface area contributed by atoms with E-state index >= 15 is 0 Å². The Morgan fingerprint density at radius 1 is 1.04 bits per heavy atom. The fourth-order valence-electron chi connectivity index (χ4n) is 1.85. The molecular formula is C16H13F3N2O4S. The van der Waals surface area contributed by atoms with Crippen LogP contribution in [0.3, 0.4) is 0 Å². The van der Waals surface area contributed by atoms with Gasteiger partial charge in [0, 0.05) is 11.8 Å². The van der Waals surface area contributed by atoms with E-state index in [1.807, 2.05) is 0 Å². The molecule has 0 spiro atoms. The molecule has 0 bridgehead atoms. The highest BCUT2D eigenvalue weighted by atomic mass is 32.2. The van der Waals surface area contributed by atoms with Gasteiger partial charge in [0.15, 0.2) is 11.6 Å². The molecule has 2 atom stereocenters. The van der Waals surface area contributed by atoms with Crippen LogP contribution in [0, 0.1) is 17.5 Å². The highest BCUT2D eigenvalue weighted by molar-refractivity contribution is 7.83. The fourth-order valence-corrected chi connectivity index (χ4v) is 2.82. The van der Waals surface area contributed by atoms with Gasteiger partial charge in [0.2, 0.25) is 0 Å². The first-order valence-electron chi connectivity index (χ1n) is 7.15. The lowest BCUT2D eigenvalue weighted by molar-refractivity contribution is -0.138. The zero-order valence-corrected chi connectivity index (χ0v) is 14.1. The molecule has 2 unspecified atom stereocenters. The predicted octanol–water partition coefficient (Wildman–Crippen LogP) is 2.44. The lowest BCUT2D eigenvalue weighted by Crippen LogP contribution is -2.35. The Morgan fingerprint density at radius 2 is 1.69 bits per heavy atom. The van der Waals surface area contributed by atoms with Gasteiger partial charge >= 0.3 is 5.97 Å². The topological polar surface area (TPSA) is 95.5 Å². The van der Waals surface area contributed by atoms with Crippen molar-refractivity contribution in [3.05, 3.63) is 59.4 Å². The molecule has 138 valence electrons. The molecule has 0 aliphatic heterocycles. The van der Waals surface area contributed by atoms with Gasteiger partial charge in [-0.3, -0.25) is 9.59 Å². The molecule has 0 saturated heterocycles. The van der Waals surface area contributed by atoms with E-state index in [4.69, 9.17) is 5.11 Å². The Morgan fingerprint density at radius 3 is 2.31 bits per heavy atom. The number of halogens is 3. The number of carboxylic acids is 1. The number of benzene rings is 2. The summed E-state index contributed by atoms with van der Waals surface area (Å²) in [6.45, 7) is 1.26. The fraction of sp³-hybridized carbons (Fsp3) is 0.125. The van der Waals surface area contributed by atoms with E-state index in [0.717, 1.165) is 36.4 Å². The molecule has 0 radical (unpaired) electrons. The van der Waals surface area contributed by atoms with Crippen molar-refractivity contribution in [1.29, 1.82) is 0 Å². The van der Waals surface area contributed by atoms with Crippen LogP contribution in [-0.2, 0) is 15.8 Å². The van der Waals surface area contributed by atoms with Crippen molar-refractivity contribution in [1.82, 2.24) is 4.72 Å². The summed E-state index contributed by atoms with van der Waals surface area (Å²) in [5, 5.41) is 11.0. The summed E-state index contributed by atoms with van der Waals surface area (Å²) < 4.78 is 54.3. The standard InChI is InChI=1S/C16H13F3N2O4S/c1-8(16(23)24)21-26(25)10-3-5-12(17)11(7-10)15(22)20-9-2-4-13(18)14(19)6-9/h2-8,21H,1H3,(H,20,22)(H,23,24). The zero-order chi connectivity index (χ0) is 19.4. The minimum atomic E-state index is -2.01. The first kappa shape index (κ1) is 19.6. The van der Waals surface area contributed by atoms with Crippen molar-refractivity contribution in [3.63, 3.8) is 0 Å². The van der Waals surface area contributed by atoms with Crippen LogP contribution in [-0.4, -0.2) is 27.2 Å². The number of carboxylic acid groups (broad SMARTS) is 1. The molecule has 0 aliphatic carbocycles. The summed E-state index contributed by atoms with van der Waals surface area (Å²) in [7, 11) is -2.01. The van der Waals surface area contributed by atoms with Gasteiger partial charge in [-0.1, -0.05) is 0 Å². The molecule has 0 heterocycles. The summed E-state index contributed by atoms with van der Waals surface area (Å²) >= 11 is 0. The third-order valence-corrected chi connectivity index (χ3v) is 4.48. The largest absolute Gasteiger partial charge is 0.480 e. The second kappa shape index (κ2) is 8.11. The first-order chi connectivity index (χ1) is 12.2. The summed E-state index contributed by atoms with van der Waals surface area (Å²) in [4.78, 5) is 22.9. The van der Waals surface area contributed by atoms with Crippen molar-refractivity contribution in [2.24, 2.45) is 0 Å². The van der Waals surface area contributed by atoms with Gasteiger partial charge in [-0.2, -0.15) is 0 Å². The Balaban J connectivity index is 2.22. The summed E-state index contributed by atoms with van der Waals surface area (Å²) in [6.07, 6.45) is 0. The minimum absolute atomic E-state index is 0.0325. The number of rotatable bonds is 6. The number of carbonyl (C=O) groups excluding carboxylic acids is 1. The Hall–Kier alpha value is -2.72. The van der Waals surface area contributed by atoms with Crippen LogP contribution >= 0.6 is 0 Å². The van der Waals surface area contributed by atoms with Crippen LogP contribution < -0.4 is 10.0 Å². The minimum Gasteiger partial charge on any atom is -0.480 e. The third kappa shape index (κ3) is 4.67. The second-order valence-corrected chi connectivity index (χ2v) is 6.42. The Kier molecular flexibility index (Phi) is 6.11. The van der Waals surface area contributed by atoms with Crippen molar-refractivity contribution in [2.75, 3.05) is 5.32 Å². The monoisotopic (exact) mass is 386 g/mol. The normalized spacial score (nSPS) is 13.1. The number of amides is 1. The number of hydrogen-bond donors (Lipinski definition) is 3. The van der Waals surface area contributed by atoms with Crippen LogP contribution in [0.4, 0.5) is 18.9 Å². The predicted molar refractivity (Wildman–Crippen MR) is 87.4 cm³/mol. The highest BCUT2D eigenvalue weighted by Crippen LogP contribution is 2.18. The molecule has 1 amide bonds. The molecule has 2 aromatic rings. The molecule has 10 heteroatoms. The summed E-state index contributed by atoms with van der Waals surface area (Å²) in [5.74, 6) is -5.44. The Labute approximate surface area is 148 Å². The van der Waals surface area contributed by atoms with Gasteiger partial charge in [0.05, 0.1) is 10.5 Å². The maximum absolute atomic E-state index is 13.9. The smallest absolute Gasteiger partial charge is 0.321 e. The lowest BCUT2D eigenvalue weighted by Gasteiger charge is -2.11. The molecule has 0 fully saturated rings. The molecule has 6 nitrogen and oxygen atoms in total. The molecule has 26 heavy (non-hydrogen) atoms. The van der Waals surface area contributed by atoms with Crippen LogP contribution in [0.5, 0.6) is 0 Å². The number of hydrogen-bond acceptors (Lipinski definition) is 3. The van der Waals surface area contributed by atoms with E-state index in [2.05, 4.69) is 10.0 Å². The van der Waals surface area contributed by atoms with Gasteiger partial charge in [0.1, 0.15) is 22.8 Å². The Bertz CT molecular complexity index is 892. The van der Waals surface area contributed by atoms with E-state index in [1.54, 1.807) is 0 Å². The van der Waals surface area contributed by atoms with E-state index in [0.29, 0.717) is 0 Å². The van der Waals surface area contributed by atoms with E-state index < -0.39 is 51.9 Å². The molecule has 3 N–H and O–H groups in total. The number of carbonyl (C=O) groups is 2. The summed E-state index contributed by atoms with van der Waals surface area (Å²) in [5.41, 5.74) is -0.595. The molecule has 0 aliphatic rings. The van der Waals surface area contributed by atoms with Gasteiger partial charge in [0.25, 0.3) is 5.91 Å². The van der Waals surface area contributed by atoms with Crippen LogP contribution in [0.2, 0.25) is 0 Å². The molecule has 2 aromatic carbocycles. The van der Waals surface area contributed by atoms with Crippen LogP contribution in [0.25, 0.3) is 0 Å². The average Bonchev–Trinajstić information content (AvgIpc) is 2.58. The maximum Gasteiger partial charge on any atom is 0.321 e. The molecule has 2 rings (SSSR count). The van der Waals surface area contributed by atoms with Crippen molar-refractivity contribution >= 4 is 28.5 Å². The van der Waals surface area contributed by atoms with E-state index in [1.165, 1.54) is 6.92 Å². The zero-order valence-electron chi connectivity index (χ0n) is 13.3. The van der Waals surface area contributed by atoms with Crippen LogP contribution in [0.15, 0.2) is 41.3 Å². The number of nitrogens with one attached hydrogen (secondary N) is 2. The number of aliphatic carboxylic acids is 1. The highest BCUT2D eigenvalue weighted by Gasteiger charge is 2.18. The van der Waals surface area contributed by atoms with Gasteiger partial charge in [-0.05, 0) is 37.3 Å². The van der Waals surface area contributed by atoms with Crippen molar-refractivity contribution < 1.29 is 32.1 Å². The maximum atomic E-state index is 13.9. The third-order valence-electron chi connectivity index (χ3n) is 3.23. The second-order valence-electron chi connectivity index (χ2n) is 5.17. The van der Waals surface area contributed by atoms with Gasteiger partial charge < -0.3 is 10.4 Å². The molecule has 0 aromatic heterocycles. The van der Waals surface area contributed by atoms with E-state index in [-0.39, 0.29) is 10.6 Å². The quantitative estimate of drug-likeness (QED) is 0.711. The van der Waals surface area contributed by atoms with Crippen molar-refractivity contribution in [3.8, 4) is 0 Å². The summed E-state index contributed by atoms with van der Waals surface area (Å²) in [6, 6.07) is 4.46. The SMILES string of the molecule is CC(NS(=O)c1ccc(F)c(C(=O)Nc2ccc(F)c(F)c2)c1)C(=O)O. The lowest BCUT2D eigenvalue weighted by atomic mass is 10.2. The van der Waals surface area contributed by atoms with Crippen LogP contribution in [0.1, 0.15) is 17.3 Å².